The zero-order valence-electron chi connectivity index (χ0n) is 16.3. The molecule has 0 bridgehead atoms. The molecule has 9 heteroatoms. The SMILES string of the molecule is COc1ccccc1CNC(=O)C1CCN(c2cc(C(F)(F)F)nc(C)n2)CC1. The van der Waals surface area contributed by atoms with Gasteiger partial charge in [0.1, 0.15) is 23.1 Å². The van der Waals surface area contributed by atoms with Gasteiger partial charge in [-0.3, -0.25) is 4.79 Å². The van der Waals surface area contributed by atoms with Gasteiger partial charge in [0.15, 0.2) is 0 Å². The van der Waals surface area contributed by atoms with Crippen molar-refractivity contribution in [2.45, 2.75) is 32.5 Å². The topological polar surface area (TPSA) is 67.3 Å². The zero-order valence-corrected chi connectivity index (χ0v) is 16.3. The van der Waals surface area contributed by atoms with Crippen LogP contribution in [-0.2, 0) is 17.5 Å². The molecule has 29 heavy (non-hydrogen) atoms. The lowest BCUT2D eigenvalue weighted by Gasteiger charge is -2.32. The number of amides is 1. The Morgan fingerprint density at radius 3 is 2.59 bits per heavy atom. The lowest BCUT2D eigenvalue weighted by Crippen LogP contribution is -2.41. The highest BCUT2D eigenvalue weighted by molar-refractivity contribution is 5.79. The summed E-state index contributed by atoms with van der Waals surface area (Å²) in [6.07, 6.45) is -3.43. The zero-order chi connectivity index (χ0) is 21.0. The maximum Gasteiger partial charge on any atom is 0.433 e. The Morgan fingerprint density at radius 2 is 1.93 bits per heavy atom. The quantitative estimate of drug-likeness (QED) is 0.822. The molecule has 6 nitrogen and oxygen atoms in total. The number of aromatic nitrogens is 2. The number of carbonyl (C=O) groups is 1. The summed E-state index contributed by atoms with van der Waals surface area (Å²) in [5.74, 6) is 0.780. The van der Waals surface area contributed by atoms with E-state index in [0.717, 1.165) is 11.6 Å². The van der Waals surface area contributed by atoms with Crippen molar-refractivity contribution in [2.75, 3.05) is 25.1 Å². The third kappa shape index (κ3) is 5.16. The second-order valence-electron chi connectivity index (χ2n) is 6.95. The fourth-order valence-electron chi connectivity index (χ4n) is 3.41. The largest absolute Gasteiger partial charge is 0.496 e. The highest BCUT2D eigenvalue weighted by Gasteiger charge is 2.34. The molecule has 1 fully saturated rings. The molecule has 0 radical (unpaired) electrons. The van der Waals surface area contributed by atoms with Gasteiger partial charge in [0, 0.05) is 37.2 Å². The molecule has 156 valence electrons. The third-order valence-electron chi connectivity index (χ3n) is 4.95. The Balaban J connectivity index is 1.58. The van der Waals surface area contributed by atoms with E-state index in [9.17, 15) is 18.0 Å². The van der Waals surface area contributed by atoms with E-state index in [1.807, 2.05) is 24.3 Å². The molecule has 0 unspecified atom stereocenters. The van der Waals surface area contributed by atoms with Gasteiger partial charge < -0.3 is 15.0 Å². The van der Waals surface area contributed by atoms with Crippen molar-refractivity contribution in [2.24, 2.45) is 5.92 Å². The Bertz CT molecular complexity index is 865. The van der Waals surface area contributed by atoms with Crippen molar-refractivity contribution in [3.8, 4) is 5.75 Å². The first-order valence-electron chi connectivity index (χ1n) is 9.35. The maximum atomic E-state index is 13.0. The van der Waals surface area contributed by atoms with Crippen molar-refractivity contribution in [3.05, 3.63) is 47.4 Å². The number of ether oxygens (including phenoxy) is 1. The average molecular weight is 408 g/mol. The van der Waals surface area contributed by atoms with E-state index in [0.29, 0.717) is 38.2 Å². The molecule has 1 aromatic carbocycles. The predicted molar refractivity (Wildman–Crippen MR) is 102 cm³/mol. The molecule has 1 aliphatic rings. The summed E-state index contributed by atoms with van der Waals surface area (Å²) in [5.41, 5.74) is -0.0615. The summed E-state index contributed by atoms with van der Waals surface area (Å²) >= 11 is 0. The van der Waals surface area contributed by atoms with Crippen LogP contribution < -0.4 is 15.0 Å². The van der Waals surface area contributed by atoms with Gasteiger partial charge in [-0.15, -0.1) is 0 Å². The first-order chi connectivity index (χ1) is 13.8. The number of para-hydroxylation sites is 1. The Kier molecular flexibility index (Phi) is 6.24. The van der Waals surface area contributed by atoms with Crippen molar-refractivity contribution in [1.29, 1.82) is 0 Å². The average Bonchev–Trinajstić information content (AvgIpc) is 2.71. The summed E-state index contributed by atoms with van der Waals surface area (Å²) in [7, 11) is 1.58. The number of aryl methyl sites for hydroxylation is 1. The number of nitrogens with zero attached hydrogens (tertiary/aromatic N) is 3. The van der Waals surface area contributed by atoms with E-state index >= 15 is 0 Å². The molecule has 2 aromatic rings. The molecule has 0 saturated carbocycles. The van der Waals surface area contributed by atoms with E-state index in [2.05, 4.69) is 15.3 Å². The van der Waals surface area contributed by atoms with Gasteiger partial charge in [-0.2, -0.15) is 13.2 Å². The number of anilines is 1. The van der Waals surface area contributed by atoms with Crippen LogP contribution in [0.1, 0.15) is 29.9 Å². The highest BCUT2D eigenvalue weighted by atomic mass is 19.4. The summed E-state index contributed by atoms with van der Waals surface area (Å²) < 4.78 is 44.3. The highest BCUT2D eigenvalue weighted by Crippen LogP contribution is 2.31. The Morgan fingerprint density at radius 1 is 1.24 bits per heavy atom. The molecule has 2 heterocycles. The third-order valence-corrected chi connectivity index (χ3v) is 4.95. The molecular formula is C20H23F3N4O2. The number of methoxy groups -OCH3 is 1. The first-order valence-corrected chi connectivity index (χ1v) is 9.35. The summed E-state index contributed by atoms with van der Waals surface area (Å²) in [6.45, 7) is 2.72. The second-order valence-corrected chi connectivity index (χ2v) is 6.95. The smallest absolute Gasteiger partial charge is 0.433 e. The maximum absolute atomic E-state index is 13.0. The molecule has 3 rings (SSSR count). The monoisotopic (exact) mass is 408 g/mol. The first kappa shape index (κ1) is 20.9. The van der Waals surface area contributed by atoms with Crippen molar-refractivity contribution < 1.29 is 22.7 Å². The number of benzene rings is 1. The number of hydrogen-bond donors (Lipinski definition) is 1. The number of nitrogens with one attached hydrogen (secondary N) is 1. The normalized spacial score (nSPS) is 15.3. The standard InChI is InChI=1S/C20H23F3N4O2/c1-13-25-17(20(21,22)23)11-18(26-13)27-9-7-14(8-10-27)19(28)24-12-15-5-3-4-6-16(15)29-2/h3-6,11,14H,7-10,12H2,1-2H3,(H,24,28). The predicted octanol–water partition coefficient (Wildman–Crippen LogP) is 3.35. The van der Waals surface area contributed by atoms with Crippen LogP contribution >= 0.6 is 0 Å². The van der Waals surface area contributed by atoms with E-state index in [4.69, 9.17) is 4.74 Å². The van der Waals surface area contributed by atoms with Gasteiger partial charge in [0.25, 0.3) is 0 Å². The van der Waals surface area contributed by atoms with Gasteiger partial charge in [-0.1, -0.05) is 18.2 Å². The molecule has 0 spiro atoms. The second kappa shape index (κ2) is 8.67. The minimum atomic E-state index is -4.51. The van der Waals surface area contributed by atoms with E-state index in [-0.39, 0.29) is 23.5 Å². The summed E-state index contributed by atoms with van der Waals surface area (Å²) in [6, 6.07) is 8.42. The molecule has 0 atom stereocenters. The number of piperidine rings is 1. The van der Waals surface area contributed by atoms with Crippen LogP contribution in [0.15, 0.2) is 30.3 Å². The van der Waals surface area contributed by atoms with E-state index in [1.165, 1.54) is 6.92 Å². The van der Waals surface area contributed by atoms with Crippen LogP contribution in [0.2, 0.25) is 0 Å². The molecule has 1 N–H and O–H groups in total. The minimum Gasteiger partial charge on any atom is -0.496 e. The van der Waals surface area contributed by atoms with Gasteiger partial charge in [0.05, 0.1) is 7.11 Å². The molecule has 1 aromatic heterocycles. The van der Waals surface area contributed by atoms with Crippen LogP contribution in [0.3, 0.4) is 0 Å². The fraction of sp³-hybridized carbons (Fsp3) is 0.450. The molecule has 1 aliphatic heterocycles. The van der Waals surface area contributed by atoms with Gasteiger partial charge in [0.2, 0.25) is 5.91 Å². The van der Waals surface area contributed by atoms with Crippen molar-refractivity contribution in [1.82, 2.24) is 15.3 Å². The van der Waals surface area contributed by atoms with Crippen LogP contribution in [-0.4, -0.2) is 36.1 Å². The molecular weight excluding hydrogens is 385 g/mol. The summed E-state index contributed by atoms with van der Waals surface area (Å²) in [5, 5.41) is 2.92. The van der Waals surface area contributed by atoms with Gasteiger partial charge in [-0.05, 0) is 25.8 Å². The minimum absolute atomic E-state index is 0.0644. The Labute approximate surface area is 167 Å². The lowest BCUT2D eigenvalue weighted by molar-refractivity contribution is -0.141. The van der Waals surface area contributed by atoms with Crippen LogP contribution in [0.4, 0.5) is 19.0 Å². The van der Waals surface area contributed by atoms with Crippen molar-refractivity contribution in [3.63, 3.8) is 0 Å². The van der Waals surface area contributed by atoms with Crippen molar-refractivity contribution >= 4 is 11.7 Å². The van der Waals surface area contributed by atoms with Crippen LogP contribution in [0.5, 0.6) is 5.75 Å². The number of rotatable bonds is 5. The molecule has 1 saturated heterocycles. The molecule has 1 amide bonds. The number of alkyl halides is 3. The van der Waals surface area contributed by atoms with Crippen LogP contribution in [0, 0.1) is 12.8 Å². The fourth-order valence-corrected chi connectivity index (χ4v) is 3.41. The van der Waals surface area contributed by atoms with E-state index in [1.54, 1.807) is 12.0 Å². The Hall–Kier alpha value is -2.84. The summed E-state index contributed by atoms with van der Waals surface area (Å²) in [4.78, 5) is 21.9. The number of hydrogen-bond acceptors (Lipinski definition) is 5. The number of carbonyl (C=O) groups excluding carboxylic acids is 1. The van der Waals surface area contributed by atoms with E-state index < -0.39 is 11.9 Å². The molecule has 0 aliphatic carbocycles. The van der Waals surface area contributed by atoms with Gasteiger partial charge in [-0.25, -0.2) is 9.97 Å². The van der Waals surface area contributed by atoms with Gasteiger partial charge >= 0.3 is 6.18 Å². The number of halogens is 3. The van der Waals surface area contributed by atoms with Crippen LogP contribution in [0.25, 0.3) is 0 Å². The lowest BCUT2D eigenvalue weighted by atomic mass is 9.95.